The van der Waals surface area contributed by atoms with Crippen molar-refractivity contribution in [2.24, 2.45) is 0 Å². The molecule has 1 aromatic carbocycles. The second-order valence-corrected chi connectivity index (χ2v) is 4.91. The minimum absolute atomic E-state index is 0.0656. The summed E-state index contributed by atoms with van der Waals surface area (Å²) in [4.78, 5) is 18.8. The van der Waals surface area contributed by atoms with Crippen LogP contribution in [0.1, 0.15) is 18.5 Å². The fourth-order valence-corrected chi connectivity index (χ4v) is 2.31. The Morgan fingerprint density at radius 3 is 2.90 bits per heavy atom. The van der Waals surface area contributed by atoms with Crippen LogP contribution in [0, 0.1) is 0 Å². The van der Waals surface area contributed by atoms with Crippen molar-refractivity contribution in [3.8, 4) is 5.75 Å². The topological polar surface area (TPSA) is 78.0 Å². The molecular weight excluding hydrogens is 266 g/mol. The number of hydrogen-bond donors (Lipinski definition) is 3. The molecule has 0 aliphatic rings. The molecule has 3 rings (SSSR count). The number of fused-ring (bicyclic) bond motifs is 1. The number of aromatic hydroxyl groups is 1. The maximum atomic E-state index is 11.7. The second-order valence-electron chi connectivity index (χ2n) is 4.91. The van der Waals surface area contributed by atoms with Crippen LogP contribution in [0.2, 0.25) is 0 Å². The highest BCUT2D eigenvalue weighted by atomic mass is 16.3. The van der Waals surface area contributed by atoms with Crippen LogP contribution < -0.4 is 10.9 Å². The van der Waals surface area contributed by atoms with Crippen molar-refractivity contribution >= 4 is 16.7 Å². The third-order valence-electron chi connectivity index (χ3n) is 3.34. The number of phenolic OH excluding ortho intramolecular Hbond substituents is 1. The van der Waals surface area contributed by atoms with Crippen LogP contribution in [0.4, 0.5) is 5.69 Å². The fourth-order valence-electron chi connectivity index (χ4n) is 2.31. The monoisotopic (exact) mass is 281 g/mol. The van der Waals surface area contributed by atoms with Crippen molar-refractivity contribution in [1.29, 1.82) is 0 Å². The Bertz CT molecular complexity index is 842. The van der Waals surface area contributed by atoms with E-state index in [1.807, 2.05) is 19.1 Å². The van der Waals surface area contributed by atoms with Gasteiger partial charge < -0.3 is 15.4 Å². The minimum atomic E-state index is -0.180. The van der Waals surface area contributed by atoms with E-state index in [-0.39, 0.29) is 17.4 Å². The van der Waals surface area contributed by atoms with Crippen LogP contribution in [0.25, 0.3) is 11.0 Å². The molecule has 0 fully saturated rings. The lowest BCUT2D eigenvalue weighted by atomic mass is 10.1. The van der Waals surface area contributed by atoms with Gasteiger partial charge in [0.25, 0.3) is 5.56 Å². The molecule has 3 N–H and O–H groups in total. The summed E-state index contributed by atoms with van der Waals surface area (Å²) in [6.07, 6.45) is 1.69. The summed E-state index contributed by atoms with van der Waals surface area (Å²) in [7, 11) is 0. The Morgan fingerprint density at radius 1 is 1.24 bits per heavy atom. The highest BCUT2D eigenvalue weighted by Gasteiger charge is 2.10. The van der Waals surface area contributed by atoms with Gasteiger partial charge in [-0.1, -0.05) is 12.1 Å². The molecule has 3 aromatic rings. The summed E-state index contributed by atoms with van der Waals surface area (Å²) >= 11 is 0. The van der Waals surface area contributed by atoms with Crippen molar-refractivity contribution < 1.29 is 5.11 Å². The first kappa shape index (κ1) is 13.2. The van der Waals surface area contributed by atoms with Crippen molar-refractivity contribution in [2.75, 3.05) is 5.32 Å². The number of aromatic nitrogens is 2. The number of benzene rings is 1. The molecule has 0 saturated heterocycles. The van der Waals surface area contributed by atoms with E-state index in [4.69, 9.17) is 0 Å². The maximum Gasteiger partial charge on any atom is 0.250 e. The third kappa shape index (κ3) is 2.72. The molecule has 1 unspecified atom stereocenters. The molecule has 0 amide bonds. The van der Waals surface area contributed by atoms with Gasteiger partial charge in [0.05, 0.1) is 11.2 Å². The molecule has 106 valence electrons. The summed E-state index contributed by atoms with van der Waals surface area (Å²) in [5.41, 5.74) is 2.82. The Morgan fingerprint density at radius 2 is 2.10 bits per heavy atom. The largest absolute Gasteiger partial charge is 0.508 e. The van der Waals surface area contributed by atoms with Crippen molar-refractivity contribution in [3.05, 3.63) is 64.6 Å². The maximum absolute atomic E-state index is 11.7. The van der Waals surface area contributed by atoms with Gasteiger partial charge in [-0.2, -0.15) is 0 Å². The number of phenols is 1. The number of pyridine rings is 2. The molecule has 0 aliphatic carbocycles. The summed E-state index contributed by atoms with van der Waals surface area (Å²) in [5.74, 6) is 0.218. The molecule has 1 atom stereocenters. The summed E-state index contributed by atoms with van der Waals surface area (Å²) < 4.78 is 0. The molecule has 21 heavy (non-hydrogen) atoms. The van der Waals surface area contributed by atoms with Gasteiger partial charge in [0.15, 0.2) is 0 Å². The van der Waals surface area contributed by atoms with Gasteiger partial charge in [-0.15, -0.1) is 0 Å². The lowest BCUT2D eigenvalue weighted by molar-refractivity contribution is 0.474. The Kier molecular flexibility index (Phi) is 3.31. The summed E-state index contributed by atoms with van der Waals surface area (Å²) in [5, 5.41) is 12.8. The van der Waals surface area contributed by atoms with Gasteiger partial charge in [-0.25, -0.2) is 0 Å². The van der Waals surface area contributed by atoms with Crippen LogP contribution in [0.5, 0.6) is 5.75 Å². The third-order valence-corrected chi connectivity index (χ3v) is 3.34. The highest BCUT2D eigenvalue weighted by Crippen LogP contribution is 2.24. The van der Waals surface area contributed by atoms with Gasteiger partial charge in [-0.05, 0) is 36.8 Å². The van der Waals surface area contributed by atoms with E-state index in [9.17, 15) is 9.90 Å². The molecule has 0 spiro atoms. The Balaban J connectivity index is 2.00. The number of nitrogens with one attached hydrogen (secondary N) is 2. The van der Waals surface area contributed by atoms with E-state index in [0.717, 1.165) is 5.56 Å². The average molecular weight is 281 g/mol. The predicted octanol–water partition coefficient (Wildman–Crippen LogP) is 2.80. The molecule has 0 aliphatic heterocycles. The number of hydrogen-bond acceptors (Lipinski definition) is 4. The van der Waals surface area contributed by atoms with Crippen LogP contribution in [0.3, 0.4) is 0 Å². The van der Waals surface area contributed by atoms with Crippen LogP contribution in [0.15, 0.2) is 53.5 Å². The van der Waals surface area contributed by atoms with E-state index in [1.54, 1.807) is 30.5 Å². The Hall–Kier alpha value is -2.82. The van der Waals surface area contributed by atoms with Crippen LogP contribution in [-0.2, 0) is 0 Å². The molecule has 2 aromatic heterocycles. The molecule has 2 heterocycles. The highest BCUT2D eigenvalue weighted by molar-refractivity contribution is 5.87. The molecule has 0 saturated carbocycles. The minimum Gasteiger partial charge on any atom is -0.508 e. The molecule has 5 nitrogen and oxygen atoms in total. The van der Waals surface area contributed by atoms with Gasteiger partial charge >= 0.3 is 0 Å². The van der Waals surface area contributed by atoms with Crippen LogP contribution in [-0.4, -0.2) is 15.1 Å². The van der Waals surface area contributed by atoms with E-state index in [0.29, 0.717) is 16.7 Å². The SMILES string of the molecule is CC(Nc1cc(=O)[nH]c2cccnc12)c1cccc(O)c1. The second kappa shape index (κ2) is 5.28. The van der Waals surface area contributed by atoms with E-state index in [1.165, 1.54) is 6.07 Å². The average Bonchev–Trinajstić information content (AvgIpc) is 2.47. The molecule has 0 bridgehead atoms. The summed E-state index contributed by atoms with van der Waals surface area (Å²) in [6.45, 7) is 1.96. The summed E-state index contributed by atoms with van der Waals surface area (Å²) in [6, 6.07) is 12.0. The molecular formula is C16H15N3O2. The molecule has 5 heteroatoms. The number of rotatable bonds is 3. The number of aromatic amines is 1. The first-order chi connectivity index (χ1) is 10.1. The zero-order chi connectivity index (χ0) is 14.8. The number of H-pyrrole nitrogens is 1. The Labute approximate surface area is 121 Å². The zero-order valence-corrected chi connectivity index (χ0v) is 11.5. The standard InChI is InChI=1S/C16H15N3O2/c1-10(11-4-2-5-12(20)8-11)18-14-9-15(21)19-13-6-3-7-17-16(13)14/h2-10,20H,1H3,(H2,18,19,21). The first-order valence-electron chi connectivity index (χ1n) is 6.67. The van der Waals surface area contributed by atoms with Gasteiger partial charge in [0.2, 0.25) is 0 Å². The van der Waals surface area contributed by atoms with E-state index < -0.39 is 0 Å². The van der Waals surface area contributed by atoms with Gasteiger partial charge in [0.1, 0.15) is 11.3 Å². The van der Waals surface area contributed by atoms with E-state index >= 15 is 0 Å². The van der Waals surface area contributed by atoms with Crippen molar-refractivity contribution in [1.82, 2.24) is 9.97 Å². The van der Waals surface area contributed by atoms with Crippen LogP contribution >= 0.6 is 0 Å². The van der Waals surface area contributed by atoms with Crippen molar-refractivity contribution in [2.45, 2.75) is 13.0 Å². The van der Waals surface area contributed by atoms with Crippen molar-refractivity contribution in [3.63, 3.8) is 0 Å². The zero-order valence-electron chi connectivity index (χ0n) is 11.5. The number of nitrogens with zero attached hydrogens (tertiary/aromatic N) is 1. The normalized spacial score (nSPS) is 12.2. The quantitative estimate of drug-likeness (QED) is 0.690. The predicted molar refractivity (Wildman–Crippen MR) is 82.5 cm³/mol. The fraction of sp³-hybridized carbons (Fsp3) is 0.125. The number of anilines is 1. The lowest BCUT2D eigenvalue weighted by Gasteiger charge is -2.16. The van der Waals surface area contributed by atoms with Gasteiger partial charge in [0, 0.05) is 18.3 Å². The van der Waals surface area contributed by atoms with Gasteiger partial charge in [-0.3, -0.25) is 9.78 Å². The molecule has 0 radical (unpaired) electrons. The van der Waals surface area contributed by atoms with E-state index in [2.05, 4.69) is 15.3 Å². The smallest absolute Gasteiger partial charge is 0.250 e. The lowest BCUT2D eigenvalue weighted by Crippen LogP contribution is -2.12. The first-order valence-corrected chi connectivity index (χ1v) is 6.67.